The third-order valence-electron chi connectivity index (χ3n) is 3.97. The summed E-state index contributed by atoms with van der Waals surface area (Å²) in [6.45, 7) is 5.65. The number of ketones is 1. The van der Waals surface area contributed by atoms with E-state index in [1.54, 1.807) is 25.3 Å². The molecule has 0 unspecified atom stereocenters. The second kappa shape index (κ2) is 7.09. The van der Waals surface area contributed by atoms with Gasteiger partial charge in [0.15, 0.2) is 11.6 Å². The van der Waals surface area contributed by atoms with Gasteiger partial charge in [0.05, 0.1) is 6.20 Å². The fraction of sp³-hybridized carbons (Fsp3) is 0.158. The van der Waals surface area contributed by atoms with Gasteiger partial charge in [0.2, 0.25) is 5.95 Å². The van der Waals surface area contributed by atoms with Crippen LogP contribution in [-0.4, -0.2) is 21.0 Å². The van der Waals surface area contributed by atoms with Crippen molar-refractivity contribution >= 4 is 28.9 Å². The van der Waals surface area contributed by atoms with Crippen molar-refractivity contribution in [3.8, 4) is 0 Å². The highest BCUT2D eigenvalue weighted by Crippen LogP contribution is 2.22. The van der Waals surface area contributed by atoms with Gasteiger partial charge in [0.25, 0.3) is 0 Å². The molecule has 126 valence electrons. The van der Waals surface area contributed by atoms with Crippen LogP contribution in [0.5, 0.6) is 0 Å². The number of hydrogen-bond acceptors (Lipinski definition) is 6. The molecule has 2 aromatic carbocycles. The second-order valence-electron chi connectivity index (χ2n) is 5.80. The molecule has 0 saturated heterocycles. The highest BCUT2D eigenvalue weighted by molar-refractivity contribution is 5.94. The smallest absolute Gasteiger partial charge is 0.249 e. The van der Waals surface area contributed by atoms with Crippen LogP contribution < -0.4 is 10.6 Å². The van der Waals surface area contributed by atoms with E-state index in [4.69, 9.17) is 0 Å². The van der Waals surface area contributed by atoms with Crippen molar-refractivity contribution in [2.45, 2.75) is 20.8 Å². The number of Topliss-reactive ketones (excluding diaryl/α,β-unsaturated/α-hetero) is 1. The van der Waals surface area contributed by atoms with Gasteiger partial charge in [-0.1, -0.05) is 12.1 Å². The van der Waals surface area contributed by atoms with Crippen molar-refractivity contribution in [3.63, 3.8) is 0 Å². The van der Waals surface area contributed by atoms with Crippen LogP contribution in [0.3, 0.4) is 0 Å². The molecule has 0 aliphatic rings. The van der Waals surface area contributed by atoms with E-state index < -0.39 is 0 Å². The Hall–Kier alpha value is -3.28. The van der Waals surface area contributed by atoms with E-state index in [9.17, 15) is 4.79 Å². The van der Waals surface area contributed by atoms with Gasteiger partial charge in [-0.2, -0.15) is 10.1 Å². The summed E-state index contributed by atoms with van der Waals surface area (Å²) in [5, 5.41) is 14.4. The molecule has 6 nitrogen and oxygen atoms in total. The summed E-state index contributed by atoms with van der Waals surface area (Å²) in [5.41, 5.74) is 4.78. The predicted octanol–water partition coefficient (Wildman–Crippen LogP) is 4.18. The molecule has 0 atom stereocenters. The lowest BCUT2D eigenvalue weighted by molar-refractivity contribution is 0.101. The molecule has 25 heavy (non-hydrogen) atoms. The van der Waals surface area contributed by atoms with Gasteiger partial charge in [-0.05, 0) is 62.2 Å². The third-order valence-corrected chi connectivity index (χ3v) is 3.97. The average Bonchev–Trinajstić information content (AvgIpc) is 2.60. The fourth-order valence-corrected chi connectivity index (χ4v) is 2.36. The van der Waals surface area contributed by atoms with Crippen molar-refractivity contribution in [1.29, 1.82) is 0 Å². The number of carbonyl (C=O) groups excluding carboxylic acids is 1. The quantitative estimate of drug-likeness (QED) is 0.682. The molecular formula is C19H19N5O. The maximum absolute atomic E-state index is 11.3. The number of rotatable bonds is 5. The number of hydrogen-bond donors (Lipinski definition) is 2. The summed E-state index contributed by atoms with van der Waals surface area (Å²) in [4.78, 5) is 15.8. The molecule has 6 heteroatoms. The van der Waals surface area contributed by atoms with Crippen LogP contribution in [0.1, 0.15) is 28.4 Å². The summed E-state index contributed by atoms with van der Waals surface area (Å²) in [5.74, 6) is 1.02. The lowest BCUT2D eigenvalue weighted by atomic mass is 10.1. The van der Waals surface area contributed by atoms with Crippen molar-refractivity contribution in [2.75, 3.05) is 10.6 Å². The zero-order valence-corrected chi connectivity index (χ0v) is 14.4. The first-order chi connectivity index (χ1) is 12.0. The van der Waals surface area contributed by atoms with Gasteiger partial charge in [-0.3, -0.25) is 4.79 Å². The largest absolute Gasteiger partial charge is 0.339 e. The fourth-order valence-electron chi connectivity index (χ4n) is 2.36. The normalized spacial score (nSPS) is 10.4. The lowest BCUT2D eigenvalue weighted by Gasteiger charge is -2.11. The Morgan fingerprint density at radius 3 is 2.48 bits per heavy atom. The Morgan fingerprint density at radius 2 is 1.76 bits per heavy atom. The summed E-state index contributed by atoms with van der Waals surface area (Å²) in [7, 11) is 0. The maximum atomic E-state index is 11.3. The summed E-state index contributed by atoms with van der Waals surface area (Å²) < 4.78 is 0. The molecular weight excluding hydrogens is 314 g/mol. The molecule has 0 saturated carbocycles. The SMILES string of the molecule is CC(=O)c1ccc(Nc2cnnc(Nc3cccc(C)c3C)n2)cc1. The summed E-state index contributed by atoms with van der Waals surface area (Å²) in [6.07, 6.45) is 1.55. The van der Waals surface area contributed by atoms with Crippen LogP contribution >= 0.6 is 0 Å². The van der Waals surface area contributed by atoms with Gasteiger partial charge < -0.3 is 10.6 Å². The topological polar surface area (TPSA) is 79.8 Å². The summed E-state index contributed by atoms with van der Waals surface area (Å²) >= 11 is 0. The Kier molecular flexibility index (Phi) is 4.70. The van der Waals surface area contributed by atoms with E-state index in [2.05, 4.69) is 38.8 Å². The molecule has 3 aromatic rings. The molecule has 0 bridgehead atoms. The van der Waals surface area contributed by atoms with E-state index >= 15 is 0 Å². The molecule has 3 rings (SSSR count). The zero-order chi connectivity index (χ0) is 17.8. The van der Waals surface area contributed by atoms with Crippen molar-refractivity contribution < 1.29 is 4.79 Å². The number of nitrogens with one attached hydrogen (secondary N) is 2. The van der Waals surface area contributed by atoms with Gasteiger partial charge in [0, 0.05) is 16.9 Å². The Bertz CT molecular complexity index is 906. The minimum Gasteiger partial charge on any atom is -0.339 e. The predicted molar refractivity (Wildman–Crippen MR) is 98.8 cm³/mol. The van der Waals surface area contributed by atoms with Gasteiger partial charge in [-0.15, -0.1) is 5.10 Å². The molecule has 0 spiro atoms. The van der Waals surface area contributed by atoms with Crippen molar-refractivity contribution in [1.82, 2.24) is 15.2 Å². The van der Waals surface area contributed by atoms with Crippen LogP contribution in [-0.2, 0) is 0 Å². The second-order valence-corrected chi connectivity index (χ2v) is 5.80. The third kappa shape index (κ3) is 3.98. The van der Waals surface area contributed by atoms with E-state index in [-0.39, 0.29) is 5.78 Å². The van der Waals surface area contributed by atoms with E-state index in [1.165, 1.54) is 5.56 Å². The number of carbonyl (C=O) groups is 1. The van der Waals surface area contributed by atoms with Crippen LogP contribution in [0.2, 0.25) is 0 Å². The highest BCUT2D eigenvalue weighted by Gasteiger charge is 2.06. The Morgan fingerprint density at radius 1 is 1.00 bits per heavy atom. The van der Waals surface area contributed by atoms with Gasteiger partial charge >= 0.3 is 0 Å². The van der Waals surface area contributed by atoms with Crippen LogP contribution in [0.4, 0.5) is 23.1 Å². The number of nitrogens with zero attached hydrogens (tertiary/aromatic N) is 3. The first kappa shape index (κ1) is 16.6. The van der Waals surface area contributed by atoms with Crippen LogP contribution in [0.25, 0.3) is 0 Å². The first-order valence-electron chi connectivity index (χ1n) is 7.94. The molecule has 0 aliphatic heterocycles. The van der Waals surface area contributed by atoms with E-state index in [1.807, 2.05) is 31.2 Å². The zero-order valence-electron chi connectivity index (χ0n) is 14.4. The van der Waals surface area contributed by atoms with Crippen molar-refractivity contribution in [3.05, 3.63) is 65.4 Å². The van der Waals surface area contributed by atoms with Crippen molar-refractivity contribution in [2.24, 2.45) is 0 Å². The van der Waals surface area contributed by atoms with Crippen LogP contribution in [0, 0.1) is 13.8 Å². The number of aryl methyl sites for hydroxylation is 1. The monoisotopic (exact) mass is 333 g/mol. The number of benzene rings is 2. The first-order valence-corrected chi connectivity index (χ1v) is 7.94. The van der Waals surface area contributed by atoms with E-state index in [0.29, 0.717) is 17.3 Å². The standard InChI is InChI=1S/C19H19N5O/c1-12-5-4-6-17(13(12)2)22-19-23-18(11-20-24-19)21-16-9-7-15(8-10-16)14(3)25/h4-11H,1-3H3,(H2,21,22,23,24). The Labute approximate surface area is 146 Å². The molecule has 2 N–H and O–H groups in total. The molecule has 1 heterocycles. The Balaban J connectivity index is 1.77. The summed E-state index contributed by atoms with van der Waals surface area (Å²) in [6, 6.07) is 13.2. The van der Waals surface area contributed by atoms with E-state index in [0.717, 1.165) is 16.9 Å². The van der Waals surface area contributed by atoms with Gasteiger partial charge in [-0.25, -0.2) is 0 Å². The van der Waals surface area contributed by atoms with Gasteiger partial charge in [0.1, 0.15) is 0 Å². The lowest BCUT2D eigenvalue weighted by Crippen LogP contribution is -2.03. The minimum atomic E-state index is 0.0373. The molecule has 1 aromatic heterocycles. The highest BCUT2D eigenvalue weighted by atomic mass is 16.1. The number of anilines is 4. The minimum absolute atomic E-state index is 0.0373. The molecule has 0 amide bonds. The molecule has 0 aliphatic carbocycles. The molecule has 0 radical (unpaired) electrons. The maximum Gasteiger partial charge on any atom is 0.249 e. The molecule has 0 fully saturated rings. The van der Waals surface area contributed by atoms with Crippen LogP contribution in [0.15, 0.2) is 48.7 Å². The average molecular weight is 333 g/mol. The number of aromatic nitrogens is 3.